The molecule has 1 N–H and O–H groups in total. The maximum atomic E-state index is 12.5. The first-order valence-electron chi connectivity index (χ1n) is 9.04. The summed E-state index contributed by atoms with van der Waals surface area (Å²) in [5, 5.41) is 3.25. The predicted molar refractivity (Wildman–Crippen MR) is 84.7 cm³/mol. The number of amides is 2. The molecule has 0 unspecified atom stereocenters. The van der Waals surface area contributed by atoms with E-state index >= 15 is 0 Å². The lowest BCUT2D eigenvalue weighted by Crippen LogP contribution is -2.52. The number of rotatable bonds is 1. The van der Waals surface area contributed by atoms with Gasteiger partial charge in [0.05, 0.1) is 12.7 Å². The number of likely N-dealkylation sites (tertiary alicyclic amines) is 1. The first kappa shape index (κ1) is 16.1. The summed E-state index contributed by atoms with van der Waals surface area (Å²) in [6.07, 6.45) is 10.5. The van der Waals surface area contributed by atoms with Crippen LogP contribution in [0.15, 0.2) is 0 Å². The van der Waals surface area contributed by atoms with Crippen LogP contribution in [0.1, 0.15) is 64.7 Å². The van der Waals surface area contributed by atoms with E-state index in [1.165, 1.54) is 32.1 Å². The molecule has 0 radical (unpaired) electrons. The molecule has 1 saturated carbocycles. The van der Waals surface area contributed by atoms with E-state index in [2.05, 4.69) is 5.32 Å². The largest absolute Gasteiger partial charge is 0.347 e. The van der Waals surface area contributed by atoms with Crippen LogP contribution in [0.2, 0.25) is 0 Å². The molecule has 5 heteroatoms. The molecule has 0 aromatic rings. The van der Waals surface area contributed by atoms with Gasteiger partial charge in [-0.2, -0.15) is 0 Å². The van der Waals surface area contributed by atoms with Gasteiger partial charge in [0.1, 0.15) is 0 Å². The summed E-state index contributed by atoms with van der Waals surface area (Å²) in [4.78, 5) is 14.4. The Hall–Kier alpha value is -0.810. The fraction of sp³-hybridized carbons (Fsp3) is 0.941. The van der Waals surface area contributed by atoms with E-state index in [0.29, 0.717) is 12.6 Å². The van der Waals surface area contributed by atoms with Gasteiger partial charge in [0.25, 0.3) is 0 Å². The molecule has 5 nitrogen and oxygen atoms in total. The molecule has 22 heavy (non-hydrogen) atoms. The SMILES string of the molecule is C[C@@H]1COC2(CCN(C(=O)NC3CCCCCCC3)CC2)O1. The second-order valence-electron chi connectivity index (χ2n) is 7.13. The zero-order chi connectivity index (χ0) is 15.4. The number of carbonyl (C=O) groups is 1. The zero-order valence-corrected chi connectivity index (χ0v) is 13.8. The molecule has 3 rings (SSSR count). The van der Waals surface area contributed by atoms with Gasteiger partial charge in [0.15, 0.2) is 5.79 Å². The van der Waals surface area contributed by atoms with E-state index in [1.54, 1.807) is 0 Å². The maximum Gasteiger partial charge on any atom is 0.317 e. The molecule has 2 aliphatic heterocycles. The number of urea groups is 1. The van der Waals surface area contributed by atoms with Gasteiger partial charge in [-0.15, -0.1) is 0 Å². The van der Waals surface area contributed by atoms with Gasteiger partial charge < -0.3 is 19.7 Å². The molecular weight excluding hydrogens is 280 g/mol. The molecule has 1 spiro atoms. The Kier molecular flexibility index (Phi) is 5.24. The number of piperidine rings is 1. The number of hydrogen-bond donors (Lipinski definition) is 1. The van der Waals surface area contributed by atoms with Gasteiger partial charge in [0.2, 0.25) is 0 Å². The van der Waals surface area contributed by atoms with Gasteiger partial charge in [-0.05, 0) is 19.8 Å². The number of nitrogens with zero attached hydrogens (tertiary/aromatic N) is 1. The molecule has 2 amide bonds. The lowest BCUT2D eigenvalue weighted by Gasteiger charge is -2.38. The molecule has 1 aliphatic carbocycles. The summed E-state index contributed by atoms with van der Waals surface area (Å²) in [5.74, 6) is -0.420. The summed E-state index contributed by atoms with van der Waals surface area (Å²) in [6.45, 7) is 4.17. The van der Waals surface area contributed by atoms with Crippen LogP contribution in [0.5, 0.6) is 0 Å². The Balaban J connectivity index is 1.45. The minimum absolute atomic E-state index is 0.103. The summed E-state index contributed by atoms with van der Waals surface area (Å²) >= 11 is 0. The van der Waals surface area contributed by atoms with Gasteiger partial charge in [-0.25, -0.2) is 4.79 Å². The van der Waals surface area contributed by atoms with Crippen LogP contribution in [0.3, 0.4) is 0 Å². The van der Waals surface area contributed by atoms with Crippen LogP contribution < -0.4 is 5.32 Å². The van der Waals surface area contributed by atoms with E-state index in [4.69, 9.17) is 9.47 Å². The standard InChI is InChI=1S/C17H30N2O3/c1-14-13-21-17(22-14)9-11-19(12-10-17)16(20)18-15-7-5-3-2-4-6-8-15/h14-15H,2-13H2,1H3,(H,18,20)/t14-/m1/s1. The highest BCUT2D eigenvalue weighted by molar-refractivity contribution is 5.74. The molecule has 126 valence electrons. The molecule has 2 heterocycles. The lowest BCUT2D eigenvalue weighted by atomic mass is 9.97. The highest BCUT2D eigenvalue weighted by Gasteiger charge is 2.43. The van der Waals surface area contributed by atoms with Crippen LogP contribution in [-0.2, 0) is 9.47 Å². The van der Waals surface area contributed by atoms with Gasteiger partial charge >= 0.3 is 6.03 Å². The number of hydrogen-bond acceptors (Lipinski definition) is 3. The van der Waals surface area contributed by atoms with Crippen molar-refractivity contribution in [2.45, 2.75) is 82.6 Å². The smallest absolute Gasteiger partial charge is 0.317 e. The second-order valence-corrected chi connectivity index (χ2v) is 7.13. The Labute approximate surface area is 133 Å². The maximum absolute atomic E-state index is 12.5. The number of nitrogens with one attached hydrogen (secondary N) is 1. The molecule has 3 fully saturated rings. The highest BCUT2D eigenvalue weighted by Crippen LogP contribution is 2.33. The van der Waals surface area contributed by atoms with Crippen LogP contribution >= 0.6 is 0 Å². The average Bonchev–Trinajstić information content (AvgIpc) is 2.83. The molecule has 2 saturated heterocycles. The van der Waals surface area contributed by atoms with E-state index in [9.17, 15) is 4.79 Å². The predicted octanol–water partition coefficient (Wildman–Crippen LogP) is 3.04. The molecule has 0 aromatic heterocycles. The third kappa shape index (κ3) is 3.93. The first-order chi connectivity index (χ1) is 10.7. The Morgan fingerprint density at radius 2 is 1.73 bits per heavy atom. The van der Waals surface area contributed by atoms with Crippen molar-refractivity contribution in [3.63, 3.8) is 0 Å². The monoisotopic (exact) mass is 310 g/mol. The lowest BCUT2D eigenvalue weighted by molar-refractivity contribution is -0.189. The molecule has 0 aromatic carbocycles. The minimum atomic E-state index is -0.420. The van der Waals surface area contributed by atoms with Crippen molar-refractivity contribution in [3.8, 4) is 0 Å². The van der Waals surface area contributed by atoms with E-state index in [-0.39, 0.29) is 12.1 Å². The fourth-order valence-electron chi connectivity index (χ4n) is 3.88. The van der Waals surface area contributed by atoms with Crippen molar-refractivity contribution in [3.05, 3.63) is 0 Å². The second kappa shape index (κ2) is 7.18. The molecule has 3 aliphatic rings. The fourth-order valence-corrected chi connectivity index (χ4v) is 3.88. The third-order valence-electron chi connectivity index (χ3n) is 5.24. The molecular formula is C17H30N2O3. The topological polar surface area (TPSA) is 50.8 Å². The summed E-state index contributed by atoms with van der Waals surface area (Å²) in [6, 6.07) is 0.467. The Bertz CT molecular complexity index is 372. The third-order valence-corrected chi connectivity index (χ3v) is 5.24. The molecule has 1 atom stereocenters. The van der Waals surface area contributed by atoms with Crippen molar-refractivity contribution in [2.24, 2.45) is 0 Å². The van der Waals surface area contributed by atoms with Crippen LogP contribution in [-0.4, -0.2) is 48.6 Å². The summed E-state index contributed by atoms with van der Waals surface area (Å²) in [5.41, 5.74) is 0. The van der Waals surface area contributed by atoms with Crippen molar-refractivity contribution in [2.75, 3.05) is 19.7 Å². The summed E-state index contributed by atoms with van der Waals surface area (Å²) < 4.78 is 11.7. The van der Waals surface area contributed by atoms with Gasteiger partial charge in [0, 0.05) is 32.0 Å². The van der Waals surface area contributed by atoms with E-state index in [0.717, 1.165) is 38.8 Å². The zero-order valence-electron chi connectivity index (χ0n) is 13.8. The van der Waals surface area contributed by atoms with Crippen molar-refractivity contribution < 1.29 is 14.3 Å². The number of ether oxygens (including phenoxy) is 2. The minimum Gasteiger partial charge on any atom is -0.347 e. The molecule has 0 bridgehead atoms. The van der Waals surface area contributed by atoms with Crippen LogP contribution in [0.25, 0.3) is 0 Å². The van der Waals surface area contributed by atoms with Gasteiger partial charge in [-0.1, -0.05) is 32.1 Å². The highest BCUT2D eigenvalue weighted by atomic mass is 16.7. The van der Waals surface area contributed by atoms with E-state index < -0.39 is 5.79 Å². The Morgan fingerprint density at radius 1 is 1.09 bits per heavy atom. The van der Waals surface area contributed by atoms with Crippen molar-refractivity contribution >= 4 is 6.03 Å². The van der Waals surface area contributed by atoms with Gasteiger partial charge in [-0.3, -0.25) is 0 Å². The normalized spacial score (nSPS) is 30.0. The van der Waals surface area contributed by atoms with Crippen molar-refractivity contribution in [1.82, 2.24) is 10.2 Å². The van der Waals surface area contributed by atoms with Crippen LogP contribution in [0.4, 0.5) is 4.79 Å². The number of carbonyl (C=O) groups excluding carboxylic acids is 1. The summed E-state index contributed by atoms with van der Waals surface area (Å²) in [7, 11) is 0. The van der Waals surface area contributed by atoms with Crippen LogP contribution in [0, 0.1) is 0 Å². The Morgan fingerprint density at radius 3 is 2.32 bits per heavy atom. The quantitative estimate of drug-likeness (QED) is 0.810. The van der Waals surface area contributed by atoms with E-state index in [1.807, 2.05) is 11.8 Å². The first-order valence-corrected chi connectivity index (χ1v) is 9.04. The van der Waals surface area contributed by atoms with Crippen molar-refractivity contribution in [1.29, 1.82) is 0 Å². The average molecular weight is 310 g/mol.